The Kier molecular flexibility index (Phi) is 7.35. The predicted octanol–water partition coefficient (Wildman–Crippen LogP) is 5.30. The van der Waals surface area contributed by atoms with Gasteiger partial charge in [0, 0.05) is 63.1 Å². The summed E-state index contributed by atoms with van der Waals surface area (Å²) in [7, 11) is 3.92. The fourth-order valence-electron chi connectivity index (χ4n) is 5.76. The molecule has 13 heteroatoms. The van der Waals surface area contributed by atoms with Crippen LogP contribution in [-0.4, -0.2) is 82.1 Å². The van der Waals surface area contributed by atoms with Crippen LogP contribution in [0.2, 0.25) is 0 Å². The van der Waals surface area contributed by atoms with Gasteiger partial charge in [0.2, 0.25) is 18.3 Å². The summed E-state index contributed by atoms with van der Waals surface area (Å²) in [6.45, 7) is 2.80. The molecule has 0 saturated carbocycles. The van der Waals surface area contributed by atoms with E-state index >= 15 is 0 Å². The summed E-state index contributed by atoms with van der Waals surface area (Å²) in [4.78, 5) is 22.5. The third-order valence-electron chi connectivity index (χ3n) is 8.34. The Balaban J connectivity index is 0.000000141. The number of alkyl halides is 1. The van der Waals surface area contributed by atoms with E-state index in [1.807, 2.05) is 101 Å². The molecule has 0 atom stereocenters. The lowest BCUT2D eigenvalue weighted by Gasteiger charge is -2.29. The molecule has 47 heavy (non-hydrogen) atoms. The number of halogens is 1. The monoisotopic (exact) mass is 636 g/mol. The normalized spacial score (nSPS) is 15.5. The Morgan fingerprint density at radius 3 is 1.94 bits per heavy atom. The van der Waals surface area contributed by atoms with Crippen molar-refractivity contribution in [2.75, 3.05) is 57.0 Å². The van der Waals surface area contributed by atoms with E-state index in [0.29, 0.717) is 50.7 Å². The average molecular weight is 637 g/mol. The van der Waals surface area contributed by atoms with Crippen LogP contribution < -0.4 is 28.7 Å². The van der Waals surface area contributed by atoms with Gasteiger partial charge in [-0.05, 0) is 61.4 Å². The molecule has 12 nitrogen and oxygen atoms in total. The lowest BCUT2D eigenvalue weighted by atomic mass is 10.1. The van der Waals surface area contributed by atoms with Crippen LogP contribution in [0.4, 0.5) is 16.0 Å². The van der Waals surface area contributed by atoms with Gasteiger partial charge >= 0.3 is 0 Å². The second-order valence-corrected chi connectivity index (χ2v) is 11.7. The van der Waals surface area contributed by atoms with Crippen LogP contribution in [0.5, 0.6) is 23.0 Å². The van der Waals surface area contributed by atoms with E-state index in [-0.39, 0.29) is 6.79 Å². The van der Waals surface area contributed by atoms with Gasteiger partial charge in [-0.1, -0.05) is 0 Å². The van der Waals surface area contributed by atoms with Gasteiger partial charge in [0.05, 0.1) is 11.4 Å². The molecule has 0 aliphatic carbocycles. The third kappa shape index (κ3) is 5.80. The van der Waals surface area contributed by atoms with Crippen LogP contribution in [-0.2, 0) is 0 Å². The van der Waals surface area contributed by atoms with Crippen LogP contribution in [0.15, 0.2) is 73.3 Å². The molecule has 0 unspecified atom stereocenters. The summed E-state index contributed by atoms with van der Waals surface area (Å²) in [6, 6.07) is 15.6. The Morgan fingerprint density at radius 2 is 1.26 bits per heavy atom. The van der Waals surface area contributed by atoms with Crippen LogP contribution in [0.1, 0.15) is 12.8 Å². The molecule has 0 radical (unpaired) electrons. The maximum atomic E-state index is 13.4. The number of imidazole rings is 2. The maximum Gasteiger partial charge on any atom is 0.236 e. The highest BCUT2D eigenvalue weighted by atomic mass is 19.1. The molecule has 1 fully saturated rings. The zero-order valence-corrected chi connectivity index (χ0v) is 26.0. The van der Waals surface area contributed by atoms with E-state index in [1.54, 1.807) is 0 Å². The largest absolute Gasteiger partial charge is 0.486 e. The smallest absolute Gasteiger partial charge is 0.236 e. The number of ether oxygens (including phenoxy) is 4. The standard InChI is InChI=1S/C19H19FN4O2.C15H14N4O2/c20-14-3-6-23(7-4-14)18-5-8-24-12-15(21-19(24)22-18)13-1-2-16-17(11-13)26-10-9-25-16;1-18(2)14-5-6-19-8-11(16-15(19)17-14)10-3-4-12-13(7-10)21-9-20-12/h1-2,5,8,11-12,14H,3-4,6-7,9-10H2;3-8H,9H2,1-2H3. The molecule has 1 saturated heterocycles. The van der Waals surface area contributed by atoms with E-state index in [1.165, 1.54) is 0 Å². The summed E-state index contributed by atoms with van der Waals surface area (Å²) in [5.41, 5.74) is 3.63. The molecule has 9 rings (SSSR count). The van der Waals surface area contributed by atoms with Gasteiger partial charge in [0.1, 0.15) is 31.0 Å². The van der Waals surface area contributed by atoms with E-state index < -0.39 is 6.17 Å². The van der Waals surface area contributed by atoms with Crippen LogP contribution in [0.25, 0.3) is 34.1 Å². The predicted molar refractivity (Wildman–Crippen MR) is 175 cm³/mol. The van der Waals surface area contributed by atoms with Gasteiger partial charge in [-0.3, -0.25) is 8.80 Å². The zero-order valence-electron chi connectivity index (χ0n) is 26.0. The van der Waals surface area contributed by atoms with Crippen molar-refractivity contribution in [1.82, 2.24) is 28.7 Å². The minimum Gasteiger partial charge on any atom is -0.486 e. The van der Waals surface area contributed by atoms with E-state index in [9.17, 15) is 4.39 Å². The first-order valence-corrected chi connectivity index (χ1v) is 15.5. The molecule has 240 valence electrons. The minimum atomic E-state index is -0.691. The molecule has 0 amide bonds. The second-order valence-electron chi connectivity index (χ2n) is 11.7. The van der Waals surface area contributed by atoms with Gasteiger partial charge in [0.15, 0.2) is 23.0 Å². The fourth-order valence-corrected chi connectivity index (χ4v) is 5.76. The highest BCUT2D eigenvalue weighted by Gasteiger charge is 2.21. The van der Waals surface area contributed by atoms with Crippen LogP contribution in [0.3, 0.4) is 0 Å². The number of piperidine rings is 1. The molecule has 0 N–H and O–H groups in total. The number of anilines is 2. The van der Waals surface area contributed by atoms with Gasteiger partial charge in [-0.2, -0.15) is 9.97 Å². The van der Waals surface area contributed by atoms with Crippen molar-refractivity contribution in [1.29, 1.82) is 0 Å². The Hall–Kier alpha value is -5.59. The molecule has 0 spiro atoms. The number of fused-ring (bicyclic) bond motifs is 4. The van der Waals surface area contributed by atoms with E-state index in [4.69, 9.17) is 18.9 Å². The number of rotatable bonds is 4. The minimum absolute atomic E-state index is 0.275. The Labute approximate surface area is 269 Å². The Bertz CT molecular complexity index is 2070. The van der Waals surface area contributed by atoms with Crippen LogP contribution >= 0.6 is 0 Å². The second kappa shape index (κ2) is 12.0. The van der Waals surface area contributed by atoms with Crippen molar-refractivity contribution in [3.05, 3.63) is 73.3 Å². The topological polar surface area (TPSA) is 104 Å². The third-order valence-corrected chi connectivity index (χ3v) is 8.34. The van der Waals surface area contributed by atoms with E-state index in [2.05, 4.69) is 24.8 Å². The lowest BCUT2D eigenvalue weighted by Crippen LogP contribution is -2.34. The van der Waals surface area contributed by atoms with Gasteiger partial charge in [0.25, 0.3) is 0 Å². The summed E-state index contributed by atoms with van der Waals surface area (Å²) in [5, 5.41) is 0. The summed E-state index contributed by atoms with van der Waals surface area (Å²) < 4.78 is 39.1. The quantitative estimate of drug-likeness (QED) is 0.253. The van der Waals surface area contributed by atoms with Crippen molar-refractivity contribution >= 4 is 23.2 Å². The molecular formula is C34H33FN8O4. The molecule has 2 aromatic carbocycles. The SMILES string of the molecule is CN(C)c1ccn2cc(-c3ccc4c(c3)OCO4)nc2n1.FC1CCN(c2ccn3cc(-c4ccc5c(c4)OCCO5)nc3n2)CC1. The number of hydrogen-bond donors (Lipinski definition) is 0. The first-order chi connectivity index (χ1) is 23.0. The molecule has 7 heterocycles. The van der Waals surface area contributed by atoms with Crippen molar-refractivity contribution in [3.8, 4) is 45.5 Å². The summed E-state index contributed by atoms with van der Waals surface area (Å²) >= 11 is 0. The number of aromatic nitrogens is 6. The first kappa shape index (κ1) is 28.9. The van der Waals surface area contributed by atoms with Crippen molar-refractivity contribution in [2.45, 2.75) is 19.0 Å². The lowest BCUT2D eigenvalue weighted by molar-refractivity contribution is 0.171. The van der Waals surface area contributed by atoms with Crippen molar-refractivity contribution in [2.24, 2.45) is 0 Å². The highest BCUT2D eigenvalue weighted by Crippen LogP contribution is 2.36. The van der Waals surface area contributed by atoms with Crippen molar-refractivity contribution in [3.63, 3.8) is 0 Å². The van der Waals surface area contributed by atoms with Gasteiger partial charge < -0.3 is 28.7 Å². The number of nitrogens with zero attached hydrogens (tertiary/aromatic N) is 8. The van der Waals surface area contributed by atoms with E-state index in [0.717, 1.165) is 57.1 Å². The van der Waals surface area contributed by atoms with Crippen LogP contribution in [0, 0.1) is 0 Å². The number of hydrogen-bond acceptors (Lipinski definition) is 10. The Morgan fingerprint density at radius 1 is 0.681 bits per heavy atom. The molecule has 6 aromatic rings. The first-order valence-electron chi connectivity index (χ1n) is 15.5. The molecular weight excluding hydrogens is 603 g/mol. The molecule has 3 aliphatic heterocycles. The summed E-state index contributed by atoms with van der Waals surface area (Å²) in [6.07, 6.45) is 8.25. The van der Waals surface area contributed by atoms with Gasteiger partial charge in [-0.25, -0.2) is 14.4 Å². The molecule has 4 aromatic heterocycles. The maximum absolute atomic E-state index is 13.4. The number of benzene rings is 2. The fraction of sp³-hybridized carbons (Fsp3) is 0.294. The van der Waals surface area contributed by atoms with Gasteiger partial charge in [-0.15, -0.1) is 0 Å². The summed E-state index contributed by atoms with van der Waals surface area (Å²) in [5.74, 6) is 6.08. The average Bonchev–Trinajstić information content (AvgIpc) is 3.86. The molecule has 3 aliphatic rings. The zero-order chi connectivity index (χ0) is 31.9. The highest BCUT2D eigenvalue weighted by molar-refractivity contribution is 5.67. The van der Waals surface area contributed by atoms with Crippen molar-refractivity contribution < 1.29 is 23.3 Å². The molecule has 0 bridgehead atoms.